The molecule has 0 spiro atoms. The van der Waals surface area contributed by atoms with E-state index in [0.29, 0.717) is 18.7 Å². The number of anilines is 1. The van der Waals surface area contributed by atoms with Gasteiger partial charge in [0.25, 0.3) is 5.91 Å². The third kappa shape index (κ3) is 4.17. The average Bonchev–Trinajstić information content (AvgIpc) is 3.12. The quantitative estimate of drug-likeness (QED) is 0.797. The summed E-state index contributed by atoms with van der Waals surface area (Å²) in [6.45, 7) is 3.22. The first-order valence-electron chi connectivity index (χ1n) is 8.61. The standard InChI is InChI=1S/C18H23N5O2/c1-2-16-15(12-19-22-16)17(24)20-14-8-10-23(11-9-14)18(25)21-13-6-4-3-5-7-13/h3-7,12,14H,2,8-11H2,1H3,(H,19,22)(H,20,24)(H,21,25). The summed E-state index contributed by atoms with van der Waals surface area (Å²) < 4.78 is 0. The molecule has 1 aromatic heterocycles. The van der Waals surface area contributed by atoms with Crippen molar-refractivity contribution in [2.75, 3.05) is 18.4 Å². The van der Waals surface area contributed by atoms with E-state index in [1.807, 2.05) is 37.3 Å². The fourth-order valence-electron chi connectivity index (χ4n) is 2.99. The molecule has 7 heteroatoms. The molecule has 0 saturated carbocycles. The Balaban J connectivity index is 1.48. The highest BCUT2D eigenvalue weighted by Crippen LogP contribution is 2.14. The summed E-state index contributed by atoms with van der Waals surface area (Å²) in [5.74, 6) is -0.0993. The molecule has 0 aliphatic carbocycles. The van der Waals surface area contributed by atoms with Gasteiger partial charge >= 0.3 is 6.03 Å². The molecule has 3 rings (SSSR count). The monoisotopic (exact) mass is 341 g/mol. The maximum absolute atomic E-state index is 12.3. The predicted molar refractivity (Wildman–Crippen MR) is 95.5 cm³/mol. The van der Waals surface area contributed by atoms with Crippen LogP contribution in [0.15, 0.2) is 36.5 Å². The molecule has 3 N–H and O–H groups in total. The molecule has 1 aliphatic heterocycles. The van der Waals surface area contributed by atoms with E-state index in [1.165, 1.54) is 0 Å². The second kappa shape index (κ2) is 7.83. The van der Waals surface area contributed by atoms with Crippen LogP contribution in [0.3, 0.4) is 0 Å². The van der Waals surface area contributed by atoms with Crippen molar-refractivity contribution in [3.8, 4) is 0 Å². The summed E-state index contributed by atoms with van der Waals surface area (Å²) in [5.41, 5.74) is 2.24. The number of piperidine rings is 1. The minimum atomic E-state index is -0.0993. The molecule has 2 aromatic rings. The minimum Gasteiger partial charge on any atom is -0.349 e. The number of amides is 3. The fraction of sp³-hybridized carbons (Fsp3) is 0.389. The van der Waals surface area contributed by atoms with Gasteiger partial charge in [-0.1, -0.05) is 25.1 Å². The minimum absolute atomic E-state index is 0.0767. The number of hydrogen-bond acceptors (Lipinski definition) is 3. The Morgan fingerprint density at radius 1 is 1.24 bits per heavy atom. The van der Waals surface area contributed by atoms with E-state index in [1.54, 1.807) is 11.1 Å². The first-order valence-corrected chi connectivity index (χ1v) is 8.61. The number of rotatable bonds is 4. The van der Waals surface area contributed by atoms with Gasteiger partial charge < -0.3 is 15.5 Å². The number of carbonyl (C=O) groups is 2. The van der Waals surface area contributed by atoms with Gasteiger partial charge in [-0.25, -0.2) is 4.79 Å². The van der Waals surface area contributed by atoms with E-state index < -0.39 is 0 Å². The zero-order chi connectivity index (χ0) is 17.6. The number of urea groups is 1. The molecule has 25 heavy (non-hydrogen) atoms. The van der Waals surface area contributed by atoms with Gasteiger partial charge in [-0.3, -0.25) is 9.89 Å². The van der Waals surface area contributed by atoms with Crippen LogP contribution < -0.4 is 10.6 Å². The van der Waals surface area contributed by atoms with Gasteiger partial charge in [-0.05, 0) is 31.4 Å². The number of aryl methyl sites for hydroxylation is 1. The van der Waals surface area contributed by atoms with Crippen LogP contribution in [0.1, 0.15) is 35.8 Å². The lowest BCUT2D eigenvalue weighted by Crippen LogP contribution is -2.47. The number of hydrogen-bond donors (Lipinski definition) is 3. The molecular formula is C18H23N5O2. The van der Waals surface area contributed by atoms with Gasteiger partial charge in [0, 0.05) is 30.5 Å². The number of likely N-dealkylation sites (tertiary alicyclic amines) is 1. The third-order valence-corrected chi connectivity index (χ3v) is 4.46. The van der Waals surface area contributed by atoms with Crippen molar-refractivity contribution in [2.24, 2.45) is 0 Å². The molecule has 0 radical (unpaired) electrons. The molecule has 0 unspecified atom stereocenters. The average molecular weight is 341 g/mol. The van der Waals surface area contributed by atoms with Gasteiger partial charge in [-0.2, -0.15) is 5.10 Å². The lowest BCUT2D eigenvalue weighted by Gasteiger charge is -2.32. The van der Waals surface area contributed by atoms with E-state index in [4.69, 9.17) is 0 Å². The topological polar surface area (TPSA) is 90.1 Å². The lowest BCUT2D eigenvalue weighted by atomic mass is 10.0. The maximum Gasteiger partial charge on any atom is 0.321 e. The van der Waals surface area contributed by atoms with Crippen LogP contribution in [0.2, 0.25) is 0 Å². The van der Waals surface area contributed by atoms with Gasteiger partial charge in [-0.15, -0.1) is 0 Å². The van der Waals surface area contributed by atoms with Crippen LogP contribution in [0.25, 0.3) is 0 Å². The van der Waals surface area contributed by atoms with Crippen molar-refractivity contribution < 1.29 is 9.59 Å². The Morgan fingerprint density at radius 2 is 1.96 bits per heavy atom. The Morgan fingerprint density at radius 3 is 2.64 bits per heavy atom. The molecule has 1 aromatic carbocycles. The van der Waals surface area contributed by atoms with Crippen LogP contribution in [0.4, 0.5) is 10.5 Å². The first kappa shape index (κ1) is 17.0. The van der Waals surface area contributed by atoms with Crippen molar-refractivity contribution in [2.45, 2.75) is 32.2 Å². The Labute approximate surface area is 146 Å². The molecule has 2 heterocycles. The number of H-pyrrole nitrogens is 1. The number of benzene rings is 1. The molecule has 132 valence electrons. The number of aromatic nitrogens is 2. The Hall–Kier alpha value is -2.83. The highest BCUT2D eigenvalue weighted by Gasteiger charge is 2.25. The predicted octanol–water partition coefficient (Wildman–Crippen LogP) is 2.40. The van der Waals surface area contributed by atoms with E-state index in [-0.39, 0.29) is 18.0 Å². The molecule has 1 aliphatic rings. The fourth-order valence-corrected chi connectivity index (χ4v) is 2.99. The summed E-state index contributed by atoms with van der Waals surface area (Å²) >= 11 is 0. The maximum atomic E-state index is 12.3. The summed E-state index contributed by atoms with van der Waals surface area (Å²) in [5, 5.41) is 12.7. The molecule has 1 fully saturated rings. The van der Waals surface area contributed by atoms with Crippen LogP contribution in [-0.4, -0.2) is 46.2 Å². The summed E-state index contributed by atoms with van der Waals surface area (Å²) in [6.07, 6.45) is 3.79. The number of nitrogens with zero attached hydrogens (tertiary/aromatic N) is 2. The van der Waals surface area contributed by atoms with Crippen molar-refractivity contribution in [3.05, 3.63) is 47.8 Å². The molecule has 0 bridgehead atoms. The zero-order valence-corrected chi connectivity index (χ0v) is 14.3. The number of para-hydroxylation sites is 1. The van der Waals surface area contributed by atoms with Crippen molar-refractivity contribution in [3.63, 3.8) is 0 Å². The second-order valence-corrected chi connectivity index (χ2v) is 6.15. The zero-order valence-electron chi connectivity index (χ0n) is 14.3. The van der Waals surface area contributed by atoms with Crippen LogP contribution in [0, 0.1) is 0 Å². The molecule has 1 saturated heterocycles. The Kier molecular flexibility index (Phi) is 5.33. The number of aromatic amines is 1. The SMILES string of the molecule is CCc1[nH]ncc1C(=O)NC1CCN(C(=O)Nc2ccccc2)CC1. The van der Waals surface area contributed by atoms with Crippen LogP contribution in [0.5, 0.6) is 0 Å². The van der Waals surface area contributed by atoms with Gasteiger partial charge in [0.1, 0.15) is 0 Å². The summed E-state index contributed by atoms with van der Waals surface area (Å²) in [6, 6.07) is 9.39. The molecule has 0 atom stereocenters. The molecule has 7 nitrogen and oxygen atoms in total. The van der Waals surface area contributed by atoms with E-state index in [9.17, 15) is 9.59 Å². The van der Waals surface area contributed by atoms with Crippen LogP contribution >= 0.6 is 0 Å². The number of nitrogens with one attached hydrogen (secondary N) is 3. The second-order valence-electron chi connectivity index (χ2n) is 6.15. The van der Waals surface area contributed by atoms with E-state index in [2.05, 4.69) is 20.8 Å². The first-order chi connectivity index (χ1) is 12.2. The van der Waals surface area contributed by atoms with Crippen LogP contribution in [-0.2, 0) is 6.42 Å². The van der Waals surface area contributed by atoms with E-state index in [0.717, 1.165) is 30.6 Å². The summed E-state index contributed by atoms with van der Waals surface area (Å²) in [4.78, 5) is 26.4. The van der Waals surface area contributed by atoms with E-state index >= 15 is 0 Å². The lowest BCUT2D eigenvalue weighted by molar-refractivity contribution is 0.0918. The highest BCUT2D eigenvalue weighted by molar-refractivity contribution is 5.95. The third-order valence-electron chi connectivity index (χ3n) is 4.46. The van der Waals surface area contributed by atoms with Gasteiger partial charge in [0.15, 0.2) is 0 Å². The normalized spacial score (nSPS) is 15.0. The van der Waals surface area contributed by atoms with Crippen molar-refractivity contribution >= 4 is 17.6 Å². The molecular weight excluding hydrogens is 318 g/mol. The number of carbonyl (C=O) groups excluding carboxylic acids is 2. The van der Waals surface area contributed by atoms with Gasteiger partial charge in [0.2, 0.25) is 0 Å². The highest BCUT2D eigenvalue weighted by atomic mass is 16.2. The van der Waals surface area contributed by atoms with Crippen molar-refractivity contribution in [1.29, 1.82) is 0 Å². The molecule has 3 amide bonds. The smallest absolute Gasteiger partial charge is 0.321 e. The largest absolute Gasteiger partial charge is 0.349 e. The van der Waals surface area contributed by atoms with Gasteiger partial charge in [0.05, 0.1) is 11.8 Å². The Bertz CT molecular complexity index is 720. The van der Waals surface area contributed by atoms with Crippen molar-refractivity contribution in [1.82, 2.24) is 20.4 Å². The summed E-state index contributed by atoms with van der Waals surface area (Å²) in [7, 11) is 0.